The highest BCUT2D eigenvalue weighted by Crippen LogP contribution is 2.35. The Hall–Kier alpha value is -2.20. The number of hydrogen-bond donors (Lipinski definition) is 0. The summed E-state index contributed by atoms with van der Waals surface area (Å²) in [5.41, 5.74) is 3.00. The van der Waals surface area contributed by atoms with Gasteiger partial charge in [-0.1, -0.05) is 35.5 Å². The second-order valence-electron chi connectivity index (χ2n) is 4.09. The smallest absolute Gasteiger partial charge is 0.131 e. The van der Waals surface area contributed by atoms with Crippen LogP contribution in [-0.4, -0.2) is 9.53 Å². The third-order valence-corrected chi connectivity index (χ3v) is 3.93. The Morgan fingerprint density at radius 1 is 1.00 bits per heavy atom. The lowest BCUT2D eigenvalue weighted by Gasteiger charge is -1.98. The van der Waals surface area contributed by atoms with Crippen LogP contribution in [0.3, 0.4) is 0 Å². The first kappa shape index (κ1) is 9.79. The molecule has 0 aliphatic rings. The monoisotopic (exact) mass is 252 g/mol. The van der Waals surface area contributed by atoms with Gasteiger partial charge in [-0.25, -0.2) is 0 Å². The minimum Gasteiger partial charge on any atom is -0.363 e. The molecule has 0 aliphatic carbocycles. The number of rotatable bonds is 1. The number of aromatic nitrogens is 2. The van der Waals surface area contributed by atoms with Gasteiger partial charge in [0, 0.05) is 16.3 Å². The highest BCUT2D eigenvalue weighted by molar-refractivity contribution is 7.11. The largest absolute Gasteiger partial charge is 0.363 e. The van der Waals surface area contributed by atoms with Crippen LogP contribution in [0.15, 0.2) is 53.3 Å². The summed E-state index contributed by atoms with van der Waals surface area (Å²) in [6.45, 7) is 0. The topological polar surface area (TPSA) is 38.9 Å². The maximum absolute atomic E-state index is 5.05. The molecule has 0 spiro atoms. The molecule has 3 nitrogen and oxygen atoms in total. The zero-order valence-electron chi connectivity index (χ0n) is 9.33. The lowest BCUT2D eigenvalue weighted by Crippen LogP contribution is -1.77. The van der Waals surface area contributed by atoms with Crippen LogP contribution in [0, 0.1) is 0 Å². The molecule has 0 unspecified atom stereocenters. The van der Waals surface area contributed by atoms with Gasteiger partial charge < -0.3 is 4.52 Å². The van der Waals surface area contributed by atoms with Crippen molar-refractivity contribution in [1.82, 2.24) is 9.53 Å². The van der Waals surface area contributed by atoms with Crippen LogP contribution in [0.2, 0.25) is 0 Å². The standard InChI is InChI=1S/C14H8N2OS/c1-2-7-12-10(5-1)14(18-16-12)11-6-3-4-9-8-17-15-13(9)11/h1-8H. The predicted molar refractivity (Wildman–Crippen MR) is 72.6 cm³/mol. The van der Waals surface area contributed by atoms with Crippen molar-refractivity contribution in [3.8, 4) is 10.4 Å². The maximum atomic E-state index is 5.05. The van der Waals surface area contributed by atoms with Gasteiger partial charge in [0.1, 0.15) is 11.8 Å². The van der Waals surface area contributed by atoms with E-state index >= 15 is 0 Å². The van der Waals surface area contributed by atoms with E-state index in [1.807, 2.05) is 30.3 Å². The Bertz CT molecular complexity index is 847. The first-order valence-corrected chi connectivity index (χ1v) is 6.39. The van der Waals surface area contributed by atoms with E-state index in [4.69, 9.17) is 4.52 Å². The van der Waals surface area contributed by atoms with Crippen molar-refractivity contribution in [3.05, 3.63) is 48.7 Å². The Labute approximate surface area is 107 Å². The molecule has 86 valence electrons. The van der Waals surface area contributed by atoms with Gasteiger partial charge in [-0.15, -0.1) is 0 Å². The fraction of sp³-hybridized carbons (Fsp3) is 0. The molecule has 0 saturated heterocycles. The highest BCUT2D eigenvalue weighted by Gasteiger charge is 2.12. The van der Waals surface area contributed by atoms with Crippen LogP contribution >= 0.6 is 11.5 Å². The van der Waals surface area contributed by atoms with Gasteiger partial charge >= 0.3 is 0 Å². The average molecular weight is 252 g/mol. The Morgan fingerprint density at radius 3 is 2.94 bits per heavy atom. The van der Waals surface area contributed by atoms with Crippen molar-refractivity contribution in [2.24, 2.45) is 0 Å². The molecule has 0 radical (unpaired) electrons. The SMILES string of the molecule is c1cc(-c2snc3ccccc23)c2nocc2c1. The molecule has 2 aromatic carbocycles. The highest BCUT2D eigenvalue weighted by atomic mass is 32.1. The fourth-order valence-electron chi connectivity index (χ4n) is 2.16. The molecule has 2 aromatic heterocycles. The molecule has 0 atom stereocenters. The molecule has 4 aromatic rings. The van der Waals surface area contributed by atoms with Crippen molar-refractivity contribution in [2.75, 3.05) is 0 Å². The number of fused-ring (bicyclic) bond motifs is 2. The lowest BCUT2D eigenvalue weighted by atomic mass is 10.1. The third-order valence-electron chi connectivity index (χ3n) is 3.02. The third kappa shape index (κ3) is 1.29. The summed E-state index contributed by atoms with van der Waals surface area (Å²) in [7, 11) is 0. The maximum Gasteiger partial charge on any atom is 0.131 e. The molecule has 0 saturated carbocycles. The van der Waals surface area contributed by atoms with E-state index < -0.39 is 0 Å². The van der Waals surface area contributed by atoms with E-state index in [1.54, 1.807) is 6.26 Å². The minimum atomic E-state index is 0.895. The van der Waals surface area contributed by atoms with Crippen molar-refractivity contribution in [1.29, 1.82) is 0 Å². The molecule has 0 N–H and O–H groups in total. The van der Waals surface area contributed by atoms with Gasteiger partial charge in [-0.2, -0.15) is 4.37 Å². The quantitative estimate of drug-likeness (QED) is 0.512. The fourth-order valence-corrected chi connectivity index (χ4v) is 3.04. The average Bonchev–Trinajstić information content (AvgIpc) is 3.05. The van der Waals surface area contributed by atoms with Crippen LogP contribution < -0.4 is 0 Å². The second kappa shape index (κ2) is 3.65. The summed E-state index contributed by atoms with van der Waals surface area (Å²) in [5.74, 6) is 0. The van der Waals surface area contributed by atoms with Gasteiger partial charge in [0.15, 0.2) is 0 Å². The van der Waals surface area contributed by atoms with Gasteiger partial charge in [0.2, 0.25) is 0 Å². The summed E-state index contributed by atoms with van der Waals surface area (Å²) in [4.78, 5) is 1.14. The first-order chi connectivity index (χ1) is 8.93. The van der Waals surface area contributed by atoms with Crippen molar-refractivity contribution >= 4 is 33.3 Å². The summed E-state index contributed by atoms with van der Waals surface area (Å²) in [5, 5.41) is 6.27. The molecule has 0 amide bonds. The molecular weight excluding hydrogens is 244 g/mol. The zero-order chi connectivity index (χ0) is 11.9. The van der Waals surface area contributed by atoms with Crippen LogP contribution in [0.25, 0.3) is 32.2 Å². The lowest BCUT2D eigenvalue weighted by molar-refractivity contribution is 0.428. The molecule has 2 heterocycles. The Balaban J connectivity index is 2.10. The predicted octanol–water partition coefficient (Wildman–Crippen LogP) is 4.10. The molecule has 0 fully saturated rings. The summed E-state index contributed by atoms with van der Waals surface area (Å²) < 4.78 is 9.52. The summed E-state index contributed by atoms with van der Waals surface area (Å²) >= 11 is 1.50. The van der Waals surface area contributed by atoms with Gasteiger partial charge in [0.05, 0.1) is 10.4 Å². The zero-order valence-corrected chi connectivity index (χ0v) is 10.1. The molecule has 4 heteroatoms. The summed E-state index contributed by atoms with van der Waals surface area (Å²) in [6, 6.07) is 14.2. The van der Waals surface area contributed by atoms with Crippen molar-refractivity contribution in [2.45, 2.75) is 0 Å². The van der Waals surface area contributed by atoms with Crippen LogP contribution in [0.1, 0.15) is 0 Å². The van der Waals surface area contributed by atoms with Crippen LogP contribution in [-0.2, 0) is 0 Å². The van der Waals surface area contributed by atoms with E-state index in [0.717, 1.165) is 32.2 Å². The number of hydrogen-bond acceptors (Lipinski definition) is 4. The van der Waals surface area contributed by atoms with E-state index in [2.05, 4.69) is 21.7 Å². The van der Waals surface area contributed by atoms with Crippen molar-refractivity contribution in [3.63, 3.8) is 0 Å². The van der Waals surface area contributed by atoms with E-state index in [-0.39, 0.29) is 0 Å². The normalized spacial score (nSPS) is 11.3. The number of nitrogens with zero attached hydrogens (tertiary/aromatic N) is 2. The van der Waals surface area contributed by atoms with Gasteiger partial charge in [-0.3, -0.25) is 0 Å². The van der Waals surface area contributed by atoms with E-state index in [1.165, 1.54) is 11.5 Å². The van der Waals surface area contributed by atoms with Crippen LogP contribution in [0.4, 0.5) is 0 Å². The second-order valence-corrected chi connectivity index (χ2v) is 4.86. The Morgan fingerprint density at radius 2 is 1.94 bits per heavy atom. The minimum absolute atomic E-state index is 0.895. The number of benzene rings is 2. The molecular formula is C14H8N2OS. The summed E-state index contributed by atoms with van der Waals surface area (Å²) in [6.07, 6.45) is 1.67. The van der Waals surface area contributed by atoms with Gasteiger partial charge in [0.25, 0.3) is 0 Å². The first-order valence-electron chi connectivity index (χ1n) is 5.61. The van der Waals surface area contributed by atoms with E-state index in [0.29, 0.717) is 0 Å². The Kier molecular flexibility index (Phi) is 1.98. The van der Waals surface area contributed by atoms with Crippen LogP contribution in [0.5, 0.6) is 0 Å². The molecule has 4 rings (SSSR count). The molecule has 0 aliphatic heterocycles. The van der Waals surface area contributed by atoms with Gasteiger partial charge in [-0.05, 0) is 23.7 Å². The molecule has 18 heavy (non-hydrogen) atoms. The molecule has 0 bridgehead atoms. The van der Waals surface area contributed by atoms with Crippen molar-refractivity contribution < 1.29 is 4.52 Å². The van der Waals surface area contributed by atoms with E-state index in [9.17, 15) is 0 Å².